The van der Waals surface area contributed by atoms with Crippen molar-refractivity contribution in [2.24, 2.45) is 5.92 Å². The molecule has 0 spiro atoms. The molecule has 0 aromatic heterocycles. The predicted octanol–water partition coefficient (Wildman–Crippen LogP) is 2.06. The van der Waals surface area contributed by atoms with Crippen LogP contribution in [0, 0.1) is 5.92 Å². The number of benzene rings is 1. The Morgan fingerprint density at radius 3 is 2.55 bits per heavy atom. The van der Waals surface area contributed by atoms with Crippen molar-refractivity contribution in [2.75, 3.05) is 19.7 Å². The number of likely N-dealkylation sites (tertiary alicyclic amines) is 1. The van der Waals surface area contributed by atoms with E-state index in [1.165, 1.54) is 0 Å². The van der Waals surface area contributed by atoms with Crippen molar-refractivity contribution < 1.29 is 29.3 Å². The molecule has 4 rings (SSSR count). The summed E-state index contributed by atoms with van der Waals surface area (Å²) in [5, 5.41) is 22.7. The van der Waals surface area contributed by atoms with E-state index >= 15 is 0 Å². The van der Waals surface area contributed by atoms with Crippen molar-refractivity contribution in [3.63, 3.8) is 0 Å². The molecule has 3 aliphatic rings. The molecule has 0 aliphatic carbocycles. The van der Waals surface area contributed by atoms with E-state index in [1.807, 2.05) is 32.9 Å². The molecule has 3 heterocycles. The summed E-state index contributed by atoms with van der Waals surface area (Å²) in [6, 6.07) is 5.10. The van der Waals surface area contributed by atoms with E-state index in [1.54, 1.807) is 15.9 Å². The lowest BCUT2D eigenvalue weighted by molar-refractivity contribution is -0.0478. The van der Waals surface area contributed by atoms with Gasteiger partial charge in [-0.1, -0.05) is 6.07 Å². The maximum Gasteiger partial charge on any atom is 0.410 e. The van der Waals surface area contributed by atoms with E-state index in [4.69, 9.17) is 9.47 Å². The number of amides is 2. The minimum Gasteiger partial charge on any atom is -0.493 e. The maximum atomic E-state index is 13.0. The van der Waals surface area contributed by atoms with E-state index in [-0.39, 0.29) is 12.0 Å². The first-order valence-electron chi connectivity index (χ1n) is 11.8. The van der Waals surface area contributed by atoms with Crippen molar-refractivity contribution in [3.8, 4) is 5.75 Å². The Hall–Kier alpha value is -2.36. The molecule has 1 aromatic carbocycles. The normalized spacial score (nSPS) is 26.3. The standard InChI is InChI=1S/C24H35N3O6/c1-24(2,3)33-23(31)26-11-9-15(10-12-26)14-32-19-6-4-5-16-17(19)13-27(22(16)30)18-7-8-20(28)25-21(18)29/h4-6,15,18,20-21,25,28-29H,7-14H2,1-3H3. The second kappa shape index (κ2) is 9.48. The smallest absolute Gasteiger partial charge is 0.410 e. The van der Waals surface area contributed by atoms with Crippen LogP contribution in [0.15, 0.2) is 18.2 Å². The highest BCUT2D eigenvalue weighted by atomic mass is 16.6. The van der Waals surface area contributed by atoms with Crippen molar-refractivity contribution in [1.29, 1.82) is 0 Å². The van der Waals surface area contributed by atoms with E-state index in [0.717, 1.165) is 18.4 Å². The molecule has 182 valence electrons. The number of nitrogens with one attached hydrogen (secondary N) is 1. The first-order chi connectivity index (χ1) is 15.6. The number of fused-ring (bicyclic) bond motifs is 1. The molecule has 2 amide bonds. The van der Waals surface area contributed by atoms with Crippen LogP contribution in [0.3, 0.4) is 0 Å². The minimum absolute atomic E-state index is 0.122. The molecule has 3 N–H and O–H groups in total. The van der Waals surface area contributed by atoms with Crippen molar-refractivity contribution >= 4 is 12.0 Å². The second-order valence-electron chi connectivity index (χ2n) is 10.2. The van der Waals surface area contributed by atoms with Gasteiger partial charge in [-0.3, -0.25) is 10.1 Å². The third-order valence-corrected chi connectivity index (χ3v) is 6.56. The number of carbonyl (C=O) groups is 2. The Kier molecular flexibility index (Phi) is 6.83. The molecule has 9 heteroatoms. The molecule has 0 saturated carbocycles. The van der Waals surface area contributed by atoms with Crippen LogP contribution < -0.4 is 10.1 Å². The van der Waals surface area contributed by atoms with Gasteiger partial charge in [-0.2, -0.15) is 0 Å². The fraction of sp³-hybridized carbons (Fsp3) is 0.667. The van der Waals surface area contributed by atoms with Gasteiger partial charge in [0, 0.05) is 24.2 Å². The number of aliphatic hydroxyl groups excluding tert-OH is 2. The zero-order valence-corrected chi connectivity index (χ0v) is 19.6. The number of aliphatic hydroxyl groups is 2. The lowest BCUT2D eigenvalue weighted by Gasteiger charge is -2.37. The number of carbonyl (C=O) groups excluding carboxylic acids is 2. The van der Waals surface area contributed by atoms with Crippen LogP contribution >= 0.6 is 0 Å². The van der Waals surface area contributed by atoms with Crippen LogP contribution in [-0.2, 0) is 11.3 Å². The molecule has 3 atom stereocenters. The van der Waals surface area contributed by atoms with E-state index in [0.29, 0.717) is 56.3 Å². The summed E-state index contributed by atoms with van der Waals surface area (Å²) < 4.78 is 11.6. The van der Waals surface area contributed by atoms with Crippen LogP contribution in [0.1, 0.15) is 62.4 Å². The quantitative estimate of drug-likeness (QED) is 0.629. The van der Waals surface area contributed by atoms with Crippen LogP contribution in [0.25, 0.3) is 0 Å². The van der Waals surface area contributed by atoms with Crippen molar-refractivity contribution in [2.45, 2.75) is 77.1 Å². The van der Waals surface area contributed by atoms with Crippen molar-refractivity contribution in [3.05, 3.63) is 29.3 Å². The maximum absolute atomic E-state index is 13.0. The van der Waals surface area contributed by atoms with Gasteiger partial charge in [-0.05, 0) is 64.5 Å². The molecular formula is C24H35N3O6. The van der Waals surface area contributed by atoms with Crippen LogP contribution in [0.4, 0.5) is 4.79 Å². The Morgan fingerprint density at radius 2 is 1.88 bits per heavy atom. The summed E-state index contributed by atoms with van der Waals surface area (Å²) >= 11 is 0. The molecule has 3 unspecified atom stereocenters. The Bertz CT molecular complexity index is 877. The number of piperidine rings is 2. The molecule has 0 bridgehead atoms. The van der Waals surface area contributed by atoms with Gasteiger partial charge < -0.3 is 29.5 Å². The average Bonchev–Trinajstić information content (AvgIpc) is 3.08. The fourth-order valence-corrected chi connectivity index (χ4v) is 4.75. The molecule has 2 saturated heterocycles. The first kappa shape index (κ1) is 23.8. The lowest BCUT2D eigenvalue weighted by Crippen LogP contribution is -2.56. The van der Waals surface area contributed by atoms with Crippen molar-refractivity contribution in [1.82, 2.24) is 15.1 Å². The minimum atomic E-state index is -0.966. The number of ether oxygens (including phenoxy) is 2. The van der Waals surface area contributed by atoms with Gasteiger partial charge in [0.15, 0.2) is 0 Å². The SMILES string of the molecule is CC(C)(C)OC(=O)N1CCC(COc2cccc3c2CN(C2CCC(O)NC2O)C3=O)CC1. The Morgan fingerprint density at radius 1 is 1.15 bits per heavy atom. The van der Waals surface area contributed by atoms with E-state index < -0.39 is 24.1 Å². The van der Waals surface area contributed by atoms with Crippen LogP contribution in [0.5, 0.6) is 5.75 Å². The summed E-state index contributed by atoms with van der Waals surface area (Å²) in [6.07, 6.45) is 0.689. The van der Waals surface area contributed by atoms with Crippen LogP contribution in [-0.4, -0.2) is 75.8 Å². The molecular weight excluding hydrogens is 426 g/mol. The Balaban J connectivity index is 1.33. The van der Waals surface area contributed by atoms with Gasteiger partial charge in [0.2, 0.25) is 0 Å². The third kappa shape index (κ3) is 5.42. The molecule has 1 aromatic rings. The number of hydrogen-bond acceptors (Lipinski definition) is 7. The number of hydrogen-bond donors (Lipinski definition) is 3. The van der Waals surface area contributed by atoms with E-state index in [9.17, 15) is 19.8 Å². The highest BCUT2D eigenvalue weighted by molar-refractivity contribution is 5.99. The van der Waals surface area contributed by atoms with Gasteiger partial charge in [0.1, 0.15) is 23.8 Å². The highest BCUT2D eigenvalue weighted by Gasteiger charge is 2.40. The van der Waals surface area contributed by atoms with Gasteiger partial charge in [0.05, 0.1) is 19.2 Å². The molecule has 33 heavy (non-hydrogen) atoms. The van der Waals surface area contributed by atoms with Gasteiger partial charge in [-0.25, -0.2) is 4.79 Å². The molecule has 2 fully saturated rings. The predicted molar refractivity (Wildman–Crippen MR) is 121 cm³/mol. The van der Waals surface area contributed by atoms with Gasteiger partial charge >= 0.3 is 6.09 Å². The summed E-state index contributed by atoms with van der Waals surface area (Å²) in [4.78, 5) is 28.7. The summed E-state index contributed by atoms with van der Waals surface area (Å²) in [5.74, 6) is 0.887. The van der Waals surface area contributed by atoms with Gasteiger partial charge in [-0.15, -0.1) is 0 Å². The lowest BCUT2D eigenvalue weighted by atomic mass is 9.98. The zero-order chi connectivity index (χ0) is 23.8. The largest absolute Gasteiger partial charge is 0.493 e. The Labute approximate surface area is 194 Å². The first-order valence-corrected chi connectivity index (χ1v) is 11.8. The van der Waals surface area contributed by atoms with E-state index in [2.05, 4.69) is 5.32 Å². The average molecular weight is 462 g/mol. The highest BCUT2D eigenvalue weighted by Crippen LogP contribution is 2.35. The summed E-state index contributed by atoms with van der Waals surface area (Å²) in [7, 11) is 0. The zero-order valence-electron chi connectivity index (χ0n) is 19.6. The molecule has 9 nitrogen and oxygen atoms in total. The fourth-order valence-electron chi connectivity index (χ4n) is 4.75. The summed E-state index contributed by atoms with van der Waals surface area (Å²) in [6.45, 7) is 7.77. The summed E-state index contributed by atoms with van der Waals surface area (Å²) in [5.41, 5.74) is 0.942. The van der Waals surface area contributed by atoms with Gasteiger partial charge in [0.25, 0.3) is 5.91 Å². The third-order valence-electron chi connectivity index (χ3n) is 6.56. The topological polar surface area (TPSA) is 112 Å². The second-order valence-corrected chi connectivity index (χ2v) is 10.2. The monoisotopic (exact) mass is 461 g/mol. The molecule has 3 aliphatic heterocycles. The number of rotatable bonds is 4. The molecule has 0 radical (unpaired) electrons. The number of nitrogens with zero attached hydrogens (tertiary/aromatic N) is 2. The van der Waals surface area contributed by atoms with Crippen LogP contribution in [0.2, 0.25) is 0 Å².